The number of hydrogen-bond donors (Lipinski definition) is 2. The Morgan fingerprint density at radius 1 is 0.964 bits per heavy atom. The maximum atomic E-state index is 11.9. The summed E-state index contributed by atoms with van der Waals surface area (Å²) >= 11 is 0. The Morgan fingerprint density at radius 3 is 2.07 bits per heavy atom. The molecular weight excluding hydrogens is 471 g/mol. The summed E-state index contributed by atoms with van der Waals surface area (Å²) in [5.74, 6) is 0.675. The fraction of sp³-hybridized carbons (Fsp3) is 0.850. The van der Waals surface area contributed by atoms with Gasteiger partial charge < -0.3 is 20.3 Å². The van der Waals surface area contributed by atoms with Gasteiger partial charge in [-0.3, -0.25) is 9.59 Å². The summed E-state index contributed by atoms with van der Waals surface area (Å²) in [4.78, 5) is 29.9. The van der Waals surface area contributed by atoms with E-state index in [1.54, 1.807) is 19.0 Å². The van der Waals surface area contributed by atoms with Crippen molar-refractivity contribution < 1.29 is 14.3 Å². The van der Waals surface area contributed by atoms with E-state index in [1.165, 1.54) is 19.3 Å². The van der Waals surface area contributed by atoms with Crippen molar-refractivity contribution in [2.24, 2.45) is 10.9 Å². The molecule has 28 heavy (non-hydrogen) atoms. The molecular formula is C20H37IN4O3. The number of amides is 1. The van der Waals surface area contributed by atoms with Crippen molar-refractivity contribution in [2.75, 3.05) is 27.2 Å². The van der Waals surface area contributed by atoms with E-state index in [1.807, 2.05) is 6.92 Å². The first-order chi connectivity index (χ1) is 13.0. The number of guanidine groups is 1. The molecule has 0 bridgehead atoms. The van der Waals surface area contributed by atoms with Gasteiger partial charge >= 0.3 is 5.97 Å². The molecule has 0 heterocycles. The molecule has 0 unspecified atom stereocenters. The second kappa shape index (κ2) is 13.2. The van der Waals surface area contributed by atoms with Crippen molar-refractivity contribution in [3.05, 3.63) is 0 Å². The first kappa shape index (κ1) is 25.0. The molecule has 0 radical (unpaired) electrons. The van der Waals surface area contributed by atoms with Crippen molar-refractivity contribution in [3.63, 3.8) is 0 Å². The van der Waals surface area contributed by atoms with Crippen LogP contribution in [0.5, 0.6) is 0 Å². The van der Waals surface area contributed by atoms with E-state index in [-0.39, 0.29) is 54.4 Å². The Bertz CT molecular complexity index is 514. The molecule has 2 fully saturated rings. The topological polar surface area (TPSA) is 83.0 Å². The van der Waals surface area contributed by atoms with Gasteiger partial charge in [-0.15, -0.1) is 24.0 Å². The number of ether oxygens (including phenoxy) is 1. The highest BCUT2D eigenvalue weighted by Crippen LogP contribution is 2.25. The summed E-state index contributed by atoms with van der Waals surface area (Å²) in [5.41, 5.74) is 0. The van der Waals surface area contributed by atoms with E-state index >= 15 is 0 Å². The van der Waals surface area contributed by atoms with E-state index in [2.05, 4.69) is 15.6 Å². The Kier molecular flexibility index (Phi) is 11.8. The number of nitrogens with one attached hydrogen (secondary N) is 2. The van der Waals surface area contributed by atoms with Gasteiger partial charge in [-0.2, -0.15) is 0 Å². The van der Waals surface area contributed by atoms with Gasteiger partial charge in [0.05, 0.1) is 12.5 Å². The molecule has 0 aliphatic heterocycles. The number of carbonyl (C=O) groups is 2. The molecule has 2 aliphatic carbocycles. The van der Waals surface area contributed by atoms with E-state index < -0.39 is 0 Å². The summed E-state index contributed by atoms with van der Waals surface area (Å²) in [6.45, 7) is 2.44. The van der Waals surface area contributed by atoms with Crippen LogP contribution in [0.4, 0.5) is 0 Å². The minimum atomic E-state index is -0.0678. The second-order valence-corrected chi connectivity index (χ2v) is 7.88. The average Bonchev–Trinajstić information content (AvgIpc) is 2.67. The number of rotatable bonds is 6. The molecule has 162 valence electrons. The van der Waals surface area contributed by atoms with Gasteiger partial charge in [0.1, 0.15) is 6.54 Å². The van der Waals surface area contributed by atoms with Crippen LogP contribution in [0, 0.1) is 5.92 Å². The van der Waals surface area contributed by atoms with E-state index in [0.29, 0.717) is 12.6 Å². The molecule has 0 spiro atoms. The van der Waals surface area contributed by atoms with Gasteiger partial charge in [0.2, 0.25) is 5.91 Å². The van der Waals surface area contributed by atoms with E-state index in [4.69, 9.17) is 4.74 Å². The molecule has 0 aromatic heterocycles. The van der Waals surface area contributed by atoms with Crippen LogP contribution < -0.4 is 10.6 Å². The van der Waals surface area contributed by atoms with Crippen molar-refractivity contribution in [3.8, 4) is 0 Å². The highest BCUT2D eigenvalue weighted by Gasteiger charge is 2.28. The smallest absolute Gasteiger partial charge is 0.308 e. The SMILES string of the molecule is CCOC(=O)C1CCC(NC(=NCC(=O)N(C)C)NC2CCCCC2)CC1.I. The minimum absolute atomic E-state index is 0. The second-order valence-electron chi connectivity index (χ2n) is 7.88. The Morgan fingerprint density at radius 2 is 1.54 bits per heavy atom. The van der Waals surface area contributed by atoms with E-state index in [0.717, 1.165) is 44.5 Å². The van der Waals surface area contributed by atoms with Gasteiger partial charge in [-0.05, 0) is 45.4 Å². The van der Waals surface area contributed by atoms with Crippen molar-refractivity contribution in [1.29, 1.82) is 0 Å². The quantitative estimate of drug-likeness (QED) is 0.250. The maximum Gasteiger partial charge on any atom is 0.308 e. The fourth-order valence-electron chi connectivity index (χ4n) is 3.79. The number of aliphatic imine (C=N–C) groups is 1. The first-order valence-electron chi connectivity index (χ1n) is 10.4. The van der Waals surface area contributed by atoms with Gasteiger partial charge in [0.15, 0.2) is 5.96 Å². The lowest BCUT2D eigenvalue weighted by Gasteiger charge is -2.31. The van der Waals surface area contributed by atoms with Crippen LogP contribution >= 0.6 is 24.0 Å². The Labute approximate surface area is 186 Å². The largest absolute Gasteiger partial charge is 0.466 e. The minimum Gasteiger partial charge on any atom is -0.466 e. The lowest BCUT2D eigenvalue weighted by atomic mass is 9.86. The first-order valence-corrected chi connectivity index (χ1v) is 10.4. The van der Waals surface area contributed by atoms with Crippen LogP contribution in [-0.4, -0.2) is 62.1 Å². The summed E-state index contributed by atoms with van der Waals surface area (Å²) in [6.07, 6.45) is 9.59. The van der Waals surface area contributed by atoms with E-state index in [9.17, 15) is 9.59 Å². The lowest BCUT2D eigenvalue weighted by Crippen LogP contribution is -2.49. The molecule has 2 rings (SSSR count). The lowest BCUT2D eigenvalue weighted by molar-refractivity contribution is -0.149. The normalized spacial score (nSPS) is 23.3. The number of esters is 1. The molecule has 2 N–H and O–H groups in total. The number of nitrogens with zero attached hydrogens (tertiary/aromatic N) is 2. The zero-order chi connectivity index (χ0) is 19.6. The van der Waals surface area contributed by atoms with Crippen LogP contribution in [0.1, 0.15) is 64.7 Å². The molecule has 0 aromatic carbocycles. The van der Waals surface area contributed by atoms with Gasteiger partial charge in [-0.25, -0.2) is 4.99 Å². The Balaban J connectivity index is 0.00000392. The number of likely N-dealkylation sites (N-methyl/N-ethyl adjacent to an activating group) is 1. The van der Waals surface area contributed by atoms with Crippen LogP contribution in [0.2, 0.25) is 0 Å². The highest BCUT2D eigenvalue weighted by atomic mass is 127. The van der Waals surface area contributed by atoms with Crippen molar-refractivity contribution in [2.45, 2.75) is 76.8 Å². The van der Waals surface area contributed by atoms with Gasteiger partial charge in [0, 0.05) is 26.2 Å². The molecule has 0 saturated heterocycles. The molecule has 0 aromatic rings. The summed E-state index contributed by atoms with van der Waals surface area (Å²) in [5, 5.41) is 7.03. The zero-order valence-electron chi connectivity index (χ0n) is 17.5. The number of hydrogen-bond acceptors (Lipinski definition) is 4. The third kappa shape index (κ3) is 8.53. The monoisotopic (exact) mass is 508 g/mol. The van der Waals surface area contributed by atoms with Crippen LogP contribution in [0.3, 0.4) is 0 Å². The highest BCUT2D eigenvalue weighted by molar-refractivity contribution is 14.0. The molecule has 1 amide bonds. The molecule has 7 nitrogen and oxygen atoms in total. The predicted molar refractivity (Wildman–Crippen MR) is 122 cm³/mol. The van der Waals surface area contributed by atoms with Crippen LogP contribution in [-0.2, 0) is 14.3 Å². The molecule has 0 atom stereocenters. The summed E-state index contributed by atoms with van der Waals surface area (Å²) in [7, 11) is 3.49. The summed E-state index contributed by atoms with van der Waals surface area (Å²) in [6, 6.07) is 0.704. The zero-order valence-corrected chi connectivity index (χ0v) is 19.9. The number of carbonyl (C=O) groups excluding carboxylic acids is 2. The van der Waals surface area contributed by atoms with Crippen molar-refractivity contribution >= 4 is 41.8 Å². The Hall–Kier alpha value is -1.06. The van der Waals surface area contributed by atoms with Gasteiger partial charge in [-0.1, -0.05) is 19.3 Å². The molecule has 8 heteroatoms. The molecule has 2 aliphatic rings. The number of halogens is 1. The maximum absolute atomic E-state index is 11.9. The molecule has 2 saturated carbocycles. The third-order valence-electron chi connectivity index (χ3n) is 5.51. The standard InChI is InChI=1S/C20H36N4O3.HI/c1-4-27-19(26)15-10-12-17(13-11-15)23-20(21-14-18(25)24(2)3)22-16-8-6-5-7-9-16;/h15-17H,4-14H2,1-3H3,(H2,21,22,23);1H. The average molecular weight is 508 g/mol. The summed E-state index contributed by atoms with van der Waals surface area (Å²) < 4.78 is 5.15. The van der Waals surface area contributed by atoms with Gasteiger partial charge in [0.25, 0.3) is 0 Å². The predicted octanol–water partition coefficient (Wildman–Crippen LogP) is 2.68. The van der Waals surface area contributed by atoms with Crippen LogP contribution in [0.25, 0.3) is 0 Å². The third-order valence-corrected chi connectivity index (χ3v) is 5.51. The van der Waals surface area contributed by atoms with Crippen molar-refractivity contribution in [1.82, 2.24) is 15.5 Å². The fourth-order valence-corrected chi connectivity index (χ4v) is 3.79. The van der Waals surface area contributed by atoms with Crippen LogP contribution in [0.15, 0.2) is 4.99 Å².